The molecule has 8 heteroatoms. The smallest absolute Gasteiger partial charge is 0.260 e. The first kappa shape index (κ1) is 13.4. The van der Waals surface area contributed by atoms with Gasteiger partial charge < -0.3 is 15.6 Å². The molecule has 1 aliphatic heterocycles. The predicted octanol–water partition coefficient (Wildman–Crippen LogP) is 1.40. The number of anilines is 1. The Morgan fingerprint density at radius 3 is 3.30 bits per heavy atom. The Labute approximate surface area is 124 Å². The molecule has 3 rings (SSSR count). The van der Waals surface area contributed by atoms with Crippen molar-refractivity contribution in [2.24, 2.45) is 0 Å². The Bertz CT molecular complexity index is 610. The summed E-state index contributed by atoms with van der Waals surface area (Å²) in [6.45, 7) is 0.469. The van der Waals surface area contributed by atoms with Crippen LogP contribution in [0, 0.1) is 0 Å². The number of hydrogen-bond donors (Lipinski definition) is 2. The maximum atomic E-state index is 12.2. The molecule has 1 aliphatic rings. The lowest BCUT2D eigenvalue weighted by molar-refractivity contribution is -0.120. The molecule has 106 valence electrons. The zero-order chi connectivity index (χ0) is 13.9. The zero-order valence-electron chi connectivity index (χ0n) is 10.7. The van der Waals surface area contributed by atoms with E-state index in [0.29, 0.717) is 18.9 Å². The number of amides is 1. The number of nitrogens with zero attached hydrogens (tertiary/aromatic N) is 2. The molecule has 3 N–H and O–H groups in total. The number of nitrogen functional groups attached to an aromatic ring is 1. The van der Waals surface area contributed by atoms with Crippen LogP contribution in [0.3, 0.4) is 0 Å². The van der Waals surface area contributed by atoms with Crippen molar-refractivity contribution in [3.63, 3.8) is 0 Å². The van der Waals surface area contributed by atoms with Gasteiger partial charge in [-0.2, -0.15) is 4.98 Å². The number of aromatic nitrogens is 2. The molecule has 0 fully saturated rings. The number of nitrogens with one attached hydrogen (secondary N) is 1. The summed E-state index contributed by atoms with van der Waals surface area (Å²) in [5, 5.41) is 8.37. The van der Waals surface area contributed by atoms with E-state index in [1.165, 1.54) is 4.88 Å². The molecule has 3 heterocycles. The lowest BCUT2D eigenvalue weighted by Gasteiger charge is -2.21. The molecule has 0 saturated heterocycles. The van der Waals surface area contributed by atoms with Crippen molar-refractivity contribution in [3.05, 3.63) is 27.8 Å². The van der Waals surface area contributed by atoms with Crippen molar-refractivity contribution < 1.29 is 9.32 Å². The Hall–Kier alpha value is -1.54. The minimum atomic E-state index is -0.0993. The molecule has 1 amide bonds. The number of nitrogens with two attached hydrogens (primary N) is 1. The van der Waals surface area contributed by atoms with Crippen LogP contribution < -0.4 is 11.1 Å². The highest BCUT2D eigenvalue weighted by Gasteiger charge is 2.27. The van der Waals surface area contributed by atoms with Crippen molar-refractivity contribution in [1.29, 1.82) is 0 Å². The van der Waals surface area contributed by atoms with Crippen LogP contribution in [0.25, 0.3) is 0 Å². The summed E-state index contributed by atoms with van der Waals surface area (Å²) in [4.78, 5) is 17.5. The molecule has 0 saturated carbocycles. The van der Waals surface area contributed by atoms with Crippen molar-refractivity contribution in [1.82, 2.24) is 15.5 Å². The first-order valence-corrected chi connectivity index (χ1v) is 8.20. The Kier molecular flexibility index (Phi) is 3.93. The van der Waals surface area contributed by atoms with E-state index in [9.17, 15) is 4.79 Å². The number of carbonyl (C=O) groups excluding carboxylic acids is 1. The molecule has 0 aromatic carbocycles. The minimum Gasteiger partial charge on any atom is -0.365 e. The van der Waals surface area contributed by atoms with Gasteiger partial charge in [0.25, 0.3) is 5.95 Å². The first-order chi connectivity index (χ1) is 9.74. The van der Waals surface area contributed by atoms with Crippen LogP contribution in [-0.4, -0.2) is 28.3 Å². The van der Waals surface area contributed by atoms with E-state index >= 15 is 0 Å². The maximum absolute atomic E-state index is 12.2. The van der Waals surface area contributed by atoms with Crippen LogP contribution in [0.1, 0.15) is 21.6 Å². The van der Waals surface area contributed by atoms with E-state index in [1.54, 1.807) is 23.1 Å². The number of hydrogen-bond acceptors (Lipinski definition) is 7. The van der Waals surface area contributed by atoms with Gasteiger partial charge in [-0.3, -0.25) is 4.79 Å². The largest absolute Gasteiger partial charge is 0.365 e. The highest BCUT2D eigenvalue weighted by Crippen LogP contribution is 2.39. The van der Waals surface area contributed by atoms with Crippen molar-refractivity contribution in [2.45, 2.75) is 18.1 Å². The summed E-state index contributed by atoms with van der Waals surface area (Å²) in [5.74, 6) is 1.60. The quantitative estimate of drug-likeness (QED) is 0.886. The highest BCUT2D eigenvalue weighted by molar-refractivity contribution is 8.00. The van der Waals surface area contributed by atoms with E-state index < -0.39 is 0 Å². The van der Waals surface area contributed by atoms with Crippen LogP contribution in [-0.2, 0) is 17.6 Å². The van der Waals surface area contributed by atoms with Gasteiger partial charge in [-0.25, -0.2) is 0 Å². The lowest BCUT2D eigenvalue weighted by Crippen LogP contribution is -2.31. The van der Waals surface area contributed by atoms with Gasteiger partial charge in [-0.05, 0) is 34.3 Å². The molecule has 1 atom stereocenters. The number of thiophene rings is 1. The fourth-order valence-electron chi connectivity index (χ4n) is 2.12. The number of thioether (sulfide) groups is 1. The van der Waals surface area contributed by atoms with Crippen LogP contribution in [0.15, 0.2) is 16.0 Å². The molecule has 0 radical (unpaired) electrons. The molecule has 0 aliphatic carbocycles. The second-order valence-electron chi connectivity index (χ2n) is 4.39. The van der Waals surface area contributed by atoms with Crippen LogP contribution in [0.4, 0.5) is 5.95 Å². The van der Waals surface area contributed by atoms with Gasteiger partial charge in [0.15, 0.2) is 0 Å². The molecule has 6 nitrogen and oxygen atoms in total. The molecule has 20 heavy (non-hydrogen) atoms. The van der Waals surface area contributed by atoms with Crippen LogP contribution in [0.5, 0.6) is 0 Å². The highest BCUT2D eigenvalue weighted by atomic mass is 32.2. The van der Waals surface area contributed by atoms with E-state index in [1.807, 2.05) is 0 Å². The van der Waals surface area contributed by atoms with Gasteiger partial charge in [0.1, 0.15) is 5.25 Å². The van der Waals surface area contributed by atoms with Gasteiger partial charge in [0, 0.05) is 17.8 Å². The lowest BCUT2D eigenvalue weighted by atomic mass is 10.1. The maximum Gasteiger partial charge on any atom is 0.260 e. The summed E-state index contributed by atoms with van der Waals surface area (Å²) >= 11 is 3.42. The molecule has 2 aromatic heterocycles. The predicted molar refractivity (Wildman–Crippen MR) is 78.6 cm³/mol. The van der Waals surface area contributed by atoms with Crippen molar-refractivity contribution in [3.8, 4) is 0 Å². The fraction of sp³-hybridized carbons (Fsp3) is 0.417. The molecule has 0 unspecified atom stereocenters. The number of rotatable bonds is 4. The third kappa shape index (κ3) is 2.80. The van der Waals surface area contributed by atoms with Crippen molar-refractivity contribution >= 4 is 35.0 Å². The third-order valence-electron chi connectivity index (χ3n) is 3.04. The van der Waals surface area contributed by atoms with Gasteiger partial charge in [-0.1, -0.05) is 0 Å². The standard InChI is InChI=1S/C12H14N4O2S2/c13-12-15-9(18-16-12)1-4-14-11(17)10-7-2-5-19-8(7)3-6-20-10/h2,5,10H,1,3-4,6H2,(H2,13,16)(H,14,17)/t10-/m1/s1. The molecule has 0 spiro atoms. The second-order valence-corrected chi connectivity index (χ2v) is 6.60. The molecule has 2 aromatic rings. The summed E-state index contributed by atoms with van der Waals surface area (Å²) in [7, 11) is 0. The summed E-state index contributed by atoms with van der Waals surface area (Å²) in [6, 6.07) is 2.05. The number of carbonyl (C=O) groups is 1. The average Bonchev–Trinajstić information content (AvgIpc) is 3.06. The van der Waals surface area contributed by atoms with Crippen LogP contribution in [0.2, 0.25) is 0 Å². The van der Waals surface area contributed by atoms with E-state index in [-0.39, 0.29) is 17.1 Å². The second kappa shape index (κ2) is 5.84. The molecule has 0 bridgehead atoms. The van der Waals surface area contributed by atoms with E-state index in [4.69, 9.17) is 10.3 Å². The Morgan fingerprint density at radius 2 is 2.50 bits per heavy atom. The van der Waals surface area contributed by atoms with E-state index in [0.717, 1.165) is 17.7 Å². The Morgan fingerprint density at radius 1 is 1.60 bits per heavy atom. The third-order valence-corrected chi connectivity index (χ3v) is 5.27. The van der Waals surface area contributed by atoms with Gasteiger partial charge in [0.2, 0.25) is 11.8 Å². The minimum absolute atomic E-state index is 0.0434. The monoisotopic (exact) mass is 310 g/mol. The fourth-order valence-corrected chi connectivity index (χ4v) is 4.44. The normalized spacial score (nSPS) is 17.7. The zero-order valence-corrected chi connectivity index (χ0v) is 12.3. The molecular weight excluding hydrogens is 296 g/mol. The van der Waals surface area contributed by atoms with Gasteiger partial charge in [-0.15, -0.1) is 23.1 Å². The summed E-state index contributed by atoms with van der Waals surface area (Å²) in [6.07, 6.45) is 1.55. The SMILES string of the molecule is Nc1noc(CCNC(=O)[C@@H]2SCCc3sccc32)n1. The van der Waals surface area contributed by atoms with Crippen molar-refractivity contribution in [2.75, 3.05) is 18.0 Å². The number of fused-ring (bicyclic) bond motifs is 1. The van der Waals surface area contributed by atoms with Gasteiger partial charge >= 0.3 is 0 Å². The topological polar surface area (TPSA) is 94.0 Å². The Balaban J connectivity index is 1.55. The van der Waals surface area contributed by atoms with Crippen LogP contribution >= 0.6 is 23.1 Å². The number of aryl methyl sites for hydroxylation is 1. The average molecular weight is 310 g/mol. The molecular formula is C12H14N4O2S2. The van der Waals surface area contributed by atoms with E-state index in [2.05, 4.69) is 26.9 Å². The van der Waals surface area contributed by atoms with Gasteiger partial charge in [0.05, 0.1) is 0 Å². The summed E-state index contributed by atoms with van der Waals surface area (Å²) < 4.78 is 4.89. The summed E-state index contributed by atoms with van der Waals surface area (Å²) in [5.41, 5.74) is 6.52. The first-order valence-electron chi connectivity index (χ1n) is 6.27.